The van der Waals surface area contributed by atoms with Crippen molar-refractivity contribution in [3.05, 3.63) is 23.8 Å². The van der Waals surface area contributed by atoms with E-state index in [1.807, 2.05) is 0 Å². The highest BCUT2D eigenvalue weighted by atomic mass is 32.2. The molecule has 0 fully saturated rings. The molecule has 0 spiro atoms. The van der Waals surface area contributed by atoms with Crippen molar-refractivity contribution in [3.63, 3.8) is 0 Å². The quantitative estimate of drug-likeness (QED) is 0.779. The fourth-order valence-electron chi connectivity index (χ4n) is 1.47. The summed E-state index contributed by atoms with van der Waals surface area (Å²) in [7, 11) is -5.39. The number of rotatable bonds is 5. The fraction of sp³-hybridized carbons (Fsp3) is 0.400. The highest BCUT2D eigenvalue weighted by Gasteiger charge is 2.24. The number of benzene rings is 1. The number of hydrogen-bond acceptors (Lipinski definition) is 4. The molecule has 1 aromatic rings. The summed E-state index contributed by atoms with van der Waals surface area (Å²) in [5, 5.41) is 0. The predicted molar refractivity (Wildman–Crippen MR) is 69.5 cm³/mol. The van der Waals surface area contributed by atoms with Gasteiger partial charge in [0.2, 0.25) is 10.0 Å². The van der Waals surface area contributed by atoms with Crippen LogP contribution in [0.3, 0.4) is 0 Å². The smallest absolute Gasteiger partial charge is 0.243 e. The topological polar surface area (TPSA) is 89.3 Å². The maximum absolute atomic E-state index is 13.6. The Labute approximate surface area is 112 Å². The molecule has 5 nitrogen and oxygen atoms in total. The third-order valence-electron chi connectivity index (χ3n) is 2.22. The average molecular weight is 312 g/mol. The van der Waals surface area contributed by atoms with E-state index in [4.69, 9.17) is 5.73 Å². The molecule has 0 aliphatic carbocycles. The summed E-state index contributed by atoms with van der Waals surface area (Å²) in [5.74, 6) is -2.28. The first-order chi connectivity index (χ1) is 8.65. The predicted octanol–water partition coefficient (Wildman–Crippen LogP) is 0.592. The van der Waals surface area contributed by atoms with Gasteiger partial charge in [-0.25, -0.2) is 21.9 Å². The van der Waals surface area contributed by atoms with E-state index in [0.717, 1.165) is 12.1 Å². The first kappa shape index (κ1) is 16.0. The number of nitrogens with two attached hydrogens (primary N) is 1. The zero-order valence-electron chi connectivity index (χ0n) is 10.3. The van der Waals surface area contributed by atoms with E-state index in [1.54, 1.807) is 0 Å². The minimum absolute atomic E-state index is 0.0809. The molecule has 2 atom stereocenters. The third-order valence-corrected chi connectivity index (χ3v) is 4.80. The Kier molecular flexibility index (Phi) is 4.99. The number of sulfonamides is 1. The van der Waals surface area contributed by atoms with Crippen LogP contribution in [0.15, 0.2) is 17.0 Å². The normalized spacial score (nSPS) is 15.2. The van der Waals surface area contributed by atoms with E-state index >= 15 is 0 Å². The Morgan fingerprint density at radius 2 is 2.00 bits per heavy atom. The summed E-state index contributed by atoms with van der Waals surface area (Å²) >= 11 is 0. The van der Waals surface area contributed by atoms with Crippen molar-refractivity contribution >= 4 is 26.5 Å². The van der Waals surface area contributed by atoms with Crippen LogP contribution in [0.2, 0.25) is 0 Å². The Balaban J connectivity index is 3.08. The Bertz CT molecular complexity index is 605. The van der Waals surface area contributed by atoms with Crippen LogP contribution in [-0.4, -0.2) is 30.7 Å². The van der Waals surface area contributed by atoms with Crippen LogP contribution >= 0.6 is 0 Å². The summed E-state index contributed by atoms with van der Waals surface area (Å²) in [6.45, 7) is 1.49. The van der Waals surface area contributed by atoms with Gasteiger partial charge in [-0.15, -0.1) is 0 Å². The van der Waals surface area contributed by atoms with Gasteiger partial charge < -0.3 is 5.73 Å². The van der Waals surface area contributed by atoms with Gasteiger partial charge in [0.25, 0.3) is 0 Å². The van der Waals surface area contributed by atoms with Gasteiger partial charge in [0.05, 0.1) is 0 Å². The molecule has 3 N–H and O–H groups in total. The van der Waals surface area contributed by atoms with E-state index in [9.17, 15) is 21.4 Å². The van der Waals surface area contributed by atoms with Crippen molar-refractivity contribution in [2.24, 2.45) is 0 Å². The Morgan fingerprint density at radius 3 is 2.53 bits per heavy atom. The second kappa shape index (κ2) is 5.93. The first-order valence-electron chi connectivity index (χ1n) is 5.21. The summed E-state index contributed by atoms with van der Waals surface area (Å²) in [6, 6.07) is 0.913. The first-order valence-corrected chi connectivity index (χ1v) is 8.42. The number of halogens is 2. The summed E-state index contributed by atoms with van der Waals surface area (Å²) in [4.78, 5) is -0.736. The molecule has 0 bridgehead atoms. The van der Waals surface area contributed by atoms with Gasteiger partial charge in [0.1, 0.15) is 16.4 Å². The monoisotopic (exact) mass is 312 g/mol. The molecule has 0 aromatic heterocycles. The molecule has 19 heavy (non-hydrogen) atoms. The standard InChI is InChI=1S/C10H14F2N2O3S2/c1-6(5-18(2)15)14-19(16,17)8-4-3-7(11)10(13)9(8)12/h3-4,6,14H,5,13H2,1-2H3. The molecular formula is C10H14F2N2O3S2. The van der Waals surface area contributed by atoms with Gasteiger partial charge in [-0.1, -0.05) is 0 Å². The number of hydrogen-bond donors (Lipinski definition) is 2. The molecule has 0 saturated carbocycles. The Hall–Kier alpha value is -1.06. The molecule has 0 radical (unpaired) electrons. The third kappa shape index (κ3) is 3.95. The Morgan fingerprint density at radius 1 is 1.42 bits per heavy atom. The molecule has 0 heterocycles. The van der Waals surface area contributed by atoms with E-state index in [-0.39, 0.29) is 5.75 Å². The highest BCUT2D eigenvalue weighted by Crippen LogP contribution is 2.22. The van der Waals surface area contributed by atoms with Crippen molar-refractivity contribution in [2.75, 3.05) is 17.7 Å². The van der Waals surface area contributed by atoms with Crippen LogP contribution in [0.5, 0.6) is 0 Å². The van der Waals surface area contributed by atoms with Crippen LogP contribution in [0, 0.1) is 11.6 Å². The van der Waals surface area contributed by atoms with Crippen molar-refractivity contribution in [3.8, 4) is 0 Å². The van der Waals surface area contributed by atoms with Crippen LogP contribution in [0.4, 0.5) is 14.5 Å². The minimum Gasteiger partial charge on any atom is -0.394 e. The van der Waals surface area contributed by atoms with Gasteiger partial charge >= 0.3 is 0 Å². The molecule has 9 heteroatoms. The van der Waals surface area contributed by atoms with Gasteiger partial charge in [-0.3, -0.25) is 4.21 Å². The van der Waals surface area contributed by atoms with Crippen molar-refractivity contribution in [2.45, 2.75) is 17.9 Å². The second-order valence-corrected chi connectivity index (χ2v) is 7.20. The zero-order valence-corrected chi connectivity index (χ0v) is 11.9. The number of nitrogens with one attached hydrogen (secondary N) is 1. The summed E-state index contributed by atoms with van der Waals surface area (Å²) in [5.41, 5.74) is 4.25. The molecule has 0 aliphatic heterocycles. The SMILES string of the molecule is CC(CS(C)=O)NS(=O)(=O)c1ccc(F)c(N)c1F. The molecular weight excluding hydrogens is 298 g/mol. The van der Waals surface area contributed by atoms with E-state index in [0.29, 0.717) is 0 Å². The minimum atomic E-state index is -4.18. The highest BCUT2D eigenvalue weighted by molar-refractivity contribution is 7.89. The number of nitrogen functional groups attached to an aromatic ring is 1. The van der Waals surface area contributed by atoms with Crippen molar-refractivity contribution in [1.29, 1.82) is 0 Å². The zero-order chi connectivity index (χ0) is 14.8. The largest absolute Gasteiger partial charge is 0.394 e. The number of anilines is 1. The molecule has 0 amide bonds. The van der Waals surface area contributed by atoms with Crippen LogP contribution in [0.1, 0.15) is 6.92 Å². The van der Waals surface area contributed by atoms with Crippen LogP contribution < -0.4 is 10.5 Å². The fourth-order valence-corrected chi connectivity index (χ4v) is 3.70. The lowest BCUT2D eigenvalue weighted by Gasteiger charge is -2.14. The van der Waals surface area contributed by atoms with E-state index < -0.39 is 49.1 Å². The molecule has 1 aromatic carbocycles. The molecule has 1 rings (SSSR count). The lowest BCUT2D eigenvalue weighted by Crippen LogP contribution is -2.36. The van der Waals surface area contributed by atoms with E-state index in [1.165, 1.54) is 13.2 Å². The lowest BCUT2D eigenvalue weighted by atomic mass is 10.3. The summed E-state index contributed by atoms with van der Waals surface area (Å²) in [6.07, 6.45) is 1.42. The maximum atomic E-state index is 13.6. The van der Waals surface area contributed by atoms with Gasteiger partial charge in [0.15, 0.2) is 5.82 Å². The maximum Gasteiger partial charge on any atom is 0.243 e. The van der Waals surface area contributed by atoms with E-state index in [2.05, 4.69) is 4.72 Å². The van der Waals surface area contributed by atoms with Gasteiger partial charge in [-0.05, 0) is 19.1 Å². The summed E-state index contributed by atoms with van der Waals surface area (Å²) < 4.78 is 63.5. The van der Waals surface area contributed by atoms with Gasteiger partial charge in [0, 0.05) is 28.9 Å². The molecule has 2 unspecified atom stereocenters. The van der Waals surface area contributed by atoms with Crippen molar-refractivity contribution < 1.29 is 21.4 Å². The molecule has 0 aliphatic rings. The van der Waals surface area contributed by atoms with Crippen LogP contribution in [0.25, 0.3) is 0 Å². The second-order valence-electron chi connectivity index (χ2n) is 4.04. The molecule has 108 valence electrons. The van der Waals surface area contributed by atoms with Gasteiger partial charge in [-0.2, -0.15) is 0 Å². The van der Waals surface area contributed by atoms with Crippen molar-refractivity contribution in [1.82, 2.24) is 4.72 Å². The lowest BCUT2D eigenvalue weighted by molar-refractivity contribution is 0.542. The van der Waals surface area contributed by atoms with Crippen LogP contribution in [-0.2, 0) is 20.8 Å². The molecule has 0 saturated heterocycles. The average Bonchev–Trinajstić information content (AvgIpc) is 2.23.